The van der Waals surface area contributed by atoms with Crippen LogP contribution in [0.2, 0.25) is 0 Å². The van der Waals surface area contributed by atoms with Gasteiger partial charge in [0, 0.05) is 31.4 Å². The van der Waals surface area contributed by atoms with Crippen LogP contribution in [0, 0.1) is 18.7 Å². The Morgan fingerprint density at radius 3 is 2.22 bits per heavy atom. The lowest BCUT2D eigenvalue weighted by molar-refractivity contribution is -0.119. The standard InChI is InChI=1S/C32H42FN3O4S/c1-25(2)21-36(41(39,40)31-18-12-26(3)13-19-31)30(24-37)11-7-8-20-34-32(38)23-35(29-9-5-4-6-10-29)22-27-14-16-28(33)17-15-27/h4-6,9-10,12-19,25,30,37H,7-8,11,20-24H2,1-3H3,(H,34,38)/t30-/m0/s1. The Kier molecular flexibility index (Phi) is 12.3. The fourth-order valence-electron chi connectivity index (χ4n) is 4.62. The van der Waals surface area contributed by atoms with Crippen molar-refractivity contribution < 1.29 is 22.7 Å². The first-order chi connectivity index (χ1) is 19.6. The van der Waals surface area contributed by atoms with Crippen LogP contribution in [0.1, 0.15) is 44.2 Å². The van der Waals surface area contributed by atoms with Crippen LogP contribution in [0.4, 0.5) is 10.1 Å². The summed E-state index contributed by atoms with van der Waals surface area (Å²) in [5.74, 6) is -0.356. The fraction of sp³-hybridized carbons (Fsp3) is 0.406. The van der Waals surface area contributed by atoms with Crippen molar-refractivity contribution >= 4 is 21.6 Å². The molecule has 0 heterocycles. The van der Waals surface area contributed by atoms with Crippen LogP contribution in [-0.4, -0.2) is 56.0 Å². The number of aryl methyl sites for hydroxylation is 1. The molecule has 0 bridgehead atoms. The van der Waals surface area contributed by atoms with Gasteiger partial charge in [-0.3, -0.25) is 4.79 Å². The van der Waals surface area contributed by atoms with Gasteiger partial charge < -0.3 is 15.3 Å². The molecule has 0 saturated heterocycles. The van der Waals surface area contributed by atoms with E-state index in [-0.39, 0.29) is 35.7 Å². The zero-order valence-electron chi connectivity index (χ0n) is 24.2. The molecule has 3 aromatic carbocycles. The monoisotopic (exact) mass is 583 g/mol. The molecule has 3 aromatic rings. The van der Waals surface area contributed by atoms with Crippen molar-refractivity contribution in [2.24, 2.45) is 5.92 Å². The normalized spacial score (nSPS) is 12.5. The Bertz CT molecular complexity index is 1320. The van der Waals surface area contributed by atoms with E-state index in [0.717, 1.165) is 16.8 Å². The van der Waals surface area contributed by atoms with Crippen molar-refractivity contribution in [2.45, 2.75) is 57.5 Å². The van der Waals surface area contributed by atoms with Gasteiger partial charge in [-0.15, -0.1) is 0 Å². The highest BCUT2D eigenvalue weighted by atomic mass is 32.2. The molecule has 0 aromatic heterocycles. The molecular formula is C32H42FN3O4S. The predicted molar refractivity (Wildman–Crippen MR) is 162 cm³/mol. The van der Waals surface area contributed by atoms with E-state index >= 15 is 0 Å². The van der Waals surface area contributed by atoms with Crippen LogP contribution >= 0.6 is 0 Å². The summed E-state index contributed by atoms with van der Waals surface area (Å²) in [6.45, 7) is 6.87. The van der Waals surface area contributed by atoms with Crippen molar-refractivity contribution in [2.75, 3.05) is 31.1 Å². The maximum Gasteiger partial charge on any atom is 0.243 e. The van der Waals surface area contributed by atoms with E-state index in [9.17, 15) is 22.7 Å². The van der Waals surface area contributed by atoms with Crippen molar-refractivity contribution in [3.05, 3.63) is 95.8 Å². The minimum absolute atomic E-state index is 0.0889. The summed E-state index contributed by atoms with van der Waals surface area (Å²) in [6, 6.07) is 22.0. The first-order valence-corrected chi connectivity index (χ1v) is 15.5. The summed E-state index contributed by atoms with van der Waals surface area (Å²) in [5.41, 5.74) is 2.75. The third kappa shape index (κ3) is 9.95. The van der Waals surface area contributed by atoms with Gasteiger partial charge >= 0.3 is 0 Å². The van der Waals surface area contributed by atoms with Crippen LogP contribution in [0.15, 0.2) is 83.8 Å². The van der Waals surface area contributed by atoms with E-state index in [2.05, 4.69) is 5.32 Å². The fourth-order valence-corrected chi connectivity index (χ4v) is 6.43. The zero-order chi connectivity index (χ0) is 29.8. The van der Waals surface area contributed by atoms with E-state index in [0.29, 0.717) is 38.9 Å². The molecule has 0 radical (unpaired) electrons. The number of hydrogen-bond donors (Lipinski definition) is 2. The third-order valence-electron chi connectivity index (χ3n) is 6.82. The number of benzene rings is 3. The predicted octanol–water partition coefficient (Wildman–Crippen LogP) is 5.14. The topological polar surface area (TPSA) is 90.0 Å². The van der Waals surface area contributed by atoms with E-state index < -0.39 is 16.1 Å². The lowest BCUT2D eigenvalue weighted by atomic mass is 10.1. The van der Waals surface area contributed by atoms with Crippen LogP contribution < -0.4 is 10.2 Å². The average Bonchev–Trinajstić information content (AvgIpc) is 2.95. The quantitative estimate of drug-likeness (QED) is 0.228. The summed E-state index contributed by atoms with van der Waals surface area (Å²) in [7, 11) is -3.77. The lowest BCUT2D eigenvalue weighted by Crippen LogP contribution is -2.44. The van der Waals surface area contributed by atoms with Crippen molar-refractivity contribution in [3.63, 3.8) is 0 Å². The minimum atomic E-state index is -3.77. The van der Waals surface area contributed by atoms with Gasteiger partial charge in [0.1, 0.15) is 5.82 Å². The first-order valence-electron chi connectivity index (χ1n) is 14.1. The van der Waals surface area contributed by atoms with Gasteiger partial charge in [-0.25, -0.2) is 12.8 Å². The second-order valence-electron chi connectivity index (χ2n) is 10.8. The van der Waals surface area contributed by atoms with Gasteiger partial charge in [-0.1, -0.05) is 68.3 Å². The average molecular weight is 584 g/mol. The minimum Gasteiger partial charge on any atom is -0.395 e. The Hall–Kier alpha value is -3.27. The highest BCUT2D eigenvalue weighted by Crippen LogP contribution is 2.23. The van der Waals surface area contributed by atoms with Crippen molar-refractivity contribution in [1.29, 1.82) is 0 Å². The summed E-state index contributed by atoms with van der Waals surface area (Å²) in [6.07, 6.45) is 1.76. The van der Waals surface area contributed by atoms with Crippen LogP contribution in [0.3, 0.4) is 0 Å². The molecule has 0 unspecified atom stereocenters. The van der Waals surface area contributed by atoms with Crippen LogP contribution in [0.25, 0.3) is 0 Å². The molecule has 41 heavy (non-hydrogen) atoms. The van der Waals surface area contributed by atoms with E-state index in [1.165, 1.54) is 16.4 Å². The molecule has 1 atom stereocenters. The number of carbonyl (C=O) groups is 1. The second-order valence-corrected chi connectivity index (χ2v) is 12.7. The molecule has 7 nitrogen and oxygen atoms in total. The maximum absolute atomic E-state index is 13.5. The first kappa shape index (κ1) is 32.2. The number of halogens is 1. The number of anilines is 1. The lowest BCUT2D eigenvalue weighted by Gasteiger charge is -2.31. The highest BCUT2D eigenvalue weighted by molar-refractivity contribution is 7.89. The third-order valence-corrected chi connectivity index (χ3v) is 8.75. The summed E-state index contributed by atoms with van der Waals surface area (Å²) < 4.78 is 41.7. The molecule has 0 aliphatic carbocycles. The molecule has 9 heteroatoms. The number of aliphatic hydroxyl groups is 1. The number of nitrogens with zero attached hydrogens (tertiary/aromatic N) is 2. The number of amides is 1. The molecule has 3 rings (SSSR count). The summed E-state index contributed by atoms with van der Waals surface area (Å²) in [4.78, 5) is 15.0. The number of unbranched alkanes of at least 4 members (excludes halogenated alkanes) is 1. The SMILES string of the molecule is Cc1ccc(S(=O)(=O)N(CC(C)C)[C@H](CO)CCCCNC(=O)CN(Cc2ccc(F)cc2)c2ccccc2)cc1. The van der Waals surface area contributed by atoms with Crippen LogP contribution in [-0.2, 0) is 21.4 Å². The van der Waals surface area contributed by atoms with Crippen molar-refractivity contribution in [3.8, 4) is 0 Å². The molecule has 222 valence electrons. The van der Waals surface area contributed by atoms with Gasteiger partial charge in [0.15, 0.2) is 0 Å². The van der Waals surface area contributed by atoms with E-state index in [1.54, 1.807) is 36.4 Å². The van der Waals surface area contributed by atoms with Gasteiger partial charge in [0.2, 0.25) is 15.9 Å². The number of hydrogen-bond acceptors (Lipinski definition) is 5. The Morgan fingerprint density at radius 1 is 0.951 bits per heavy atom. The molecular weight excluding hydrogens is 541 g/mol. The molecule has 0 fully saturated rings. The number of para-hydroxylation sites is 1. The number of aliphatic hydroxyl groups excluding tert-OH is 1. The smallest absolute Gasteiger partial charge is 0.243 e. The van der Waals surface area contributed by atoms with Gasteiger partial charge in [0.25, 0.3) is 0 Å². The number of sulfonamides is 1. The number of carbonyl (C=O) groups excluding carboxylic acids is 1. The molecule has 0 spiro atoms. The van der Waals surface area contributed by atoms with Gasteiger partial charge in [-0.2, -0.15) is 4.31 Å². The molecule has 0 aliphatic rings. The second kappa shape index (κ2) is 15.7. The zero-order valence-corrected chi connectivity index (χ0v) is 25.0. The van der Waals surface area contributed by atoms with Gasteiger partial charge in [0.05, 0.1) is 18.0 Å². The molecule has 1 amide bonds. The summed E-state index contributed by atoms with van der Waals surface area (Å²) in [5, 5.41) is 13.1. The molecule has 0 aliphatic heterocycles. The number of rotatable bonds is 16. The summed E-state index contributed by atoms with van der Waals surface area (Å²) >= 11 is 0. The van der Waals surface area contributed by atoms with Crippen LogP contribution in [0.5, 0.6) is 0 Å². The van der Waals surface area contributed by atoms with Gasteiger partial charge in [-0.05, 0) is 67.6 Å². The Morgan fingerprint density at radius 2 is 1.61 bits per heavy atom. The Labute approximate surface area is 244 Å². The molecule has 0 saturated carbocycles. The molecule has 2 N–H and O–H groups in total. The number of nitrogens with one attached hydrogen (secondary N) is 1. The van der Waals surface area contributed by atoms with Crippen molar-refractivity contribution in [1.82, 2.24) is 9.62 Å². The maximum atomic E-state index is 13.5. The van der Waals surface area contributed by atoms with E-state index in [4.69, 9.17) is 0 Å². The van der Waals surface area contributed by atoms with E-state index in [1.807, 2.05) is 56.0 Å². The highest BCUT2D eigenvalue weighted by Gasteiger charge is 2.31. The Balaban J connectivity index is 1.55. The largest absolute Gasteiger partial charge is 0.395 e.